The second kappa shape index (κ2) is 9.09. The van der Waals surface area contributed by atoms with E-state index in [0.717, 1.165) is 18.5 Å². The van der Waals surface area contributed by atoms with Crippen LogP contribution in [0.2, 0.25) is 5.02 Å². The summed E-state index contributed by atoms with van der Waals surface area (Å²) in [7, 11) is 0. The maximum absolute atomic E-state index is 12.3. The molecule has 0 bridgehead atoms. The minimum absolute atomic E-state index is 0.0146. The van der Waals surface area contributed by atoms with Gasteiger partial charge in [-0.15, -0.1) is 0 Å². The molecule has 29 heavy (non-hydrogen) atoms. The molecule has 9 heteroatoms. The molecular formula is C20H24ClN5O3. The van der Waals surface area contributed by atoms with Crippen molar-refractivity contribution < 1.29 is 9.47 Å². The third kappa shape index (κ3) is 5.57. The Hall–Kier alpha value is -2.87. The minimum Gasteiger partial charge on any atom is -0.485 e. The fraction of sp³-hybridized carbons (Fsp3) is 0.400. The van der Waals surface area contributed by atoms with Crippen molar-refractivity contribution in [1.82, 2.24) is 24.3 Å². The van der Waals surface area contributed by atoms with E-state index in [1.165, 1.54) is 10.9 Å². The lowest BCUT2D eigenvalue weighted by molar-refractivity contribution is 0.285. The van der Waals surface area contributed by atoms with Gasteiger partial charge in [0.25, 0.3) is 5.56 Å². The topological polar surface area (TPSA) is 84.1 Å². The average molecular weight is 418 g/mol. The van der Waals surface area contributed by atoms with Crippen LogP contribution in [0.3, 0.4) is 0 Å². The van der Waals surface area contributed by atoms with Crippen LogP contribution in [0, 0.1) is 0 Å². The van der Waals surface area contributed by atoms with E-state index < -0.39 is 5.54 Å². The maximum Gasteiger partial charge on any atom is 0.289 e. The molecule has 0 saturated heterocycles. The van der Waals surface area contributed by atoms with Gasteiger partial charge in [0, 0.05) is 36.8 Å². The molecule has 0 aliphatic heterocycles. The van der Waals surface area contributed by atoms with Gasteiger partial charge in [0.15, 0.2) is 10.8 Å². The fourth-order valence-corrected chi connectivity index (χ4v) is 2.77. The lowest BCUT2D eigenvalue weighted by atomic mass is 10.1. The largest absolute Gasteiger partial charge is 0.485 e. The first kappa shape index (κ1) is 20.9. The Morgan fingerprint density at radius 1 is 1.17 bits per heavy atom. The van der Waals surface area contributed by atoms with Gasteiger partial charge < -0.3 is 14.0 Å². The number of hydrogen-bond donors (Lipinski definition) is 0. The highest BCUT2D eigenvalue weighted by molar-refractivity contribution is 6.31. The Morgan fingerprint density at radius 2 is 2.00 bits per heavy atom. The molecule has 0 unspecified atom stereocenters. The summed E-state index contributed by atoms with van der Waals surface area (Å²) < 4.78 is 14.6. The van der Waals surface area contributed by atoms with Crippen molar-refractivity contribution in [2.45, 2.75) is 45.9 Å². The van der Waals surface area contributed by atoms with E-state index in [1.807, 2.05) is 37.6 Å². The summed E-state index contributed by atoms with van der Waals surface area (Å²) in [6, 6.07) is 3.64. The van der Waals surface area contributed by atoms with Gasteiger partial charge >= 0.3 is 0 Å². The molecule has 0 radical (unpaired) electrons. The molecule has 3 aromatic heterocycles. The van der Waals surface area contributed by atoms with Crippen molar-refractivity contribution >= 4 is 11.6 Å². The number of hydrogen-bond acceptors (Lipinski definition) is 6. The molecule has 8 nitrogen and oxygen atoms in total. The van der Waals surface area contributed by atoms with Crippen molar-refractivity contribution in [2.75, 3.05) is 6.61 Å². The number of aryl methyl sites for hydroxylation is 1. The van der Waals surface area contributed by atoms with Crippen molar-refractivity contribution in [3.05, 3.63) is 64.2 Å². The number of halogens is 1. The van der Waals surface area contributed by atoms with Gasteiger partial charge in [-0.1, -0.05) is 11.6 Å². The summed E-state index contributed by atoms with van der Waals surface area (Å²) in [5.74, 6) is 0.795. The molecule has 3 heterocycles. The second-order valence-electron chi connectivity index (χ2n) is 7.51. The van der Waals surface area contributed by atoms with E-state index in [2.05, 4.69) is 15.1 Å². The Morgan fingerprint density at radius 3 is 2.66 bits per heavy atom. The van der Waals surface area contributed by atoms with E-state index in [-0.39, 0.29) is 22.9 Å². The Balaban J connectivity index is 1.51. The van der Waals surface area contributed by atoms with Crippen LogP contribution in [0.1, 0.15) is 32.8 Å². The fourth-order valence-electron chi connectivity index (χ4n) is 2.58. The highest BCUT2D eigenvalue weighted by Gasteiger charge is 2.20. The van der Waals surface area contributed by atoms with Crippen LogP contribution < -0.4 is 15.0 Å². The third-order valence-corrected chi connectivity index (χ3v) is 4.43. The van der Waals surface area contributed by atoms with Gasteiger partial charge in [-0.2, -0.15) is 5.10 Å². The summed E-state index contributed by atoms with van der Waals surface area (Å²) in [4.78, 5) is 20.6. The number of pyridine rings is 1. The molecule has 0 N–H and O–H groups in total. The lowest BCUT2D eigenvalue weighted by Gasteiger charge is -2.21. The summed E-state index contributed by atoms with van der Waals surface area (Å²) in [6.07, 6.45) is 9.43. The molecule has 0 aliphatic rings. The smallest absolute Gasteiger partial charge is 0.289 e. The third-order valence-electron chi connectivity index (χ3n) is 4.08. The van der Waals surface area contributed by atoms with E-state index in [9.17, 15) is 4.79 Å². The van der Waals surface area contributed by atoms with Crippen LogP contribution in [0.5, 0.6) is 11.6 Å². The summed E-state index contributed by atoms with van der Waals surface area (Å²) >= 11 is 6.16. The van der Waals surface area contributed by atoms with Crippen molar-refractivity contribution in [1.29, 1.82) is 0 Å². The molecule has 3 aromatic rings. The summed E-state index contributed by atoms with van der Waals surface area (Å²) in [5, 5.41) is 4.16. The number of aromatic nitrogens is 5. The van der Waals surface area contributed by atoms with Crippen molar-refractivity contribution in [3.63, 3.8) is 0 Å². The molecule has 0 amide bonds. The normalized spacial score (nSPS) is 11.4. The molecule has 154 valence electrons. The first-order valence-corrected chi connectivity index (χ1v) is 9.67. The van der Waals surface area contributed by atoms with Gasteiger partial charge in [-0.25, -0.2) is 14.6 Å². The zero-order valence-electron chi connectivity index (χ0n) is 16.7. The first-order valence-electron chi connectivity index (χ1n) is 9.29. The van der Waals surface area contributed by atoms with E-state index in [4.69, 9.17) is 21.1 Å². The quantitative estimate of drug-likeness (QED) is 0.523. The Kier molecular flexibility index (Phi) is 6.53. The highest BCUT2D eigenvalue weighted by Crippen LogP contribution is 2.22. The summed E-state index contributed by atoms with van der Waals surface area (Å²) in [5.41, 5.74) is -0.0151. The Labute approximate surface area is 174 Å². The molecule has 0 fully saturated rings. The molecule has 0 saturated carbocycles. The van der Waals surface area contributed by atoms with Gasteiger partial charge in [0.1, 0.15) is 6.61 Å². The van der Waals surface area contributed by atoms with Crippen molar-refractivity contribution in [3.8, 4) is 11.6 Å². The summed E-state index contributed by atoms with van der Waals surface area (Å²) in [6.45, 7) is 7.26. The second-order valence-corrected chi connectivity index (χ2v) is 7.88. The van der Waals surface area contributed by atoms with Crippen LogP contribution in [-0.2, 0) is 18.7 Å². The molecule has 0 spiro atoms. The molecule has 0 atom stereocenters. The van der Waals surface area contributed by atoms with E-state index in [0.29, 0.717) is 12.5 Å². The SMILES string of the molecule is CC(C)(C)n1ncc(OCc2ccc(OCCCn3ccnc3)nc2)c(Cl)c1=O. The zero-order valence-corrected chi connectivity index (χ0v) is 17.5. The maximum atomic E-state index is 12.3. The number of imidazole rings is 1. The van der Waals surface area contributed by atoms with Gasteiger partial charge in [-0.05, 0) is 33.3 Å². The predicted molar refractivity (Wildman–Crippen MR) is 109 cm³/mol. The first-order chi connectivity index (χ1) is 13.8. The number of ether oxygens (including phenoxy) is 2. The monoisotopic (exact) mass is 417 g/mol. The van der Waals surface area contributed by atoms with Gasteiger partial charge in [0.05, 0.1) is 24.7 Å². The lowest BCUT2D eigenvalue weighted by Crippen LogP contribution is -2.36. The number of nitrogens with zero attached hydrogens (tertiary/aromatic N) is 5. The average Bonchev–Trinajstić information content (AvgIpc) is 3.20. The van der Waals surface area contributed by atoms with Crippen LogP contribution in [0.15, 0.2) is 48.0 Å². The highest BCUT2D eigenvalue weighted by atomic mass is 35.5. The van der Waals surface area contributed by atoms with E-state index >= 15 is 0 Å². The predicted octanol–water partition coefficient (Wildman–Crippen LogP) is 3.29. The zero-order chi connectivity index (χ0) is 20.9. The van der Waals surface area contributed by atoms with Gasteiger partial charge in [-0.3, -0.25) is 4.79 Å². The van der Waals surface area contributed by atoms with Crippen LogP contribution in [-0.4, -0.2) is 30.9 Å². The van der Waals surface area contributed by atoms with Crippen LogP contribution in [0.4, 0.5) is 0 Å². The van der Waals surface area contributed by atoms with Gasteiger partial charge in [0.2, 0.25) is 5.88 Å². The van der Waals surface area contributed by atoms with E-state index in [1.54, 1.807) is 24.8 Å². The number of rotatable bonds is 8. The Bertz CT molecular complexity index is 979. The molecular weight excluding hydrogens is 394 g/mol. The standard InChI is InChI=1S/C20H24ClN5O3/c1-20(2,3)26-19(27)18(21)16(12-24-26)29-13-15-5-6-17(23-11-15)28-10-4-8-25-9-7-22-14-25/h5-7,9,11-12,14H,4,8,10,13H2,1-3H3. The van der Waals surface area contributed by atoms with Crippen LogP contribution in [0.25, 0.3) is 0 Å². The van der Waals surface area contributed by atoms with Crippen molar-refractivity contribution in [2.24, 2.45) is 0 Å². The minimum atomic E-state index is -0.461. The molecule has 0 aliphatic carbocycles. The molecule has 0 aromatic carbocycles. The molecule has 3 rings (SSSR count). The van der Waals surface area contributed by atoms with Crippen LogP contribution >= 0.6 is 11.6 Å².